The first kappa shape index (κ1) is 14.0. The molecule has 0 bridgehead atoms. The number of piperidine rings is 1. The van der Waals surface area contributed by atoms with E-state index in [0.717, 1.165) is 31.5 Å². The van der Waals surface area contributed by atoms with E-state index >= 15 is 0 Å². The minimum Gasteiger partial charge on any atom is -0.394 e. The largest absolute Gasteiger partial charge is 0.394 e. The first-order chi connectivity index (χ1) is 9.63. The molecule has 2 aliphatic heterocycles. The van der Waals surface area contributed by atoms with Crippen LogP contribution in [0.5, 0.6) is 0 Å². The lowest BCUT2D eigenvalue weighted by Crippen LogP contribution is -2.46. The van der Waals surface area contributed by atoms with E-state index in [1.807, 2.05) is 0 Å². The Balaban J connectivity index is 1.95. The van der Waals surface area contributed by atoms with Crippen molar-refractivity contribution in [2.75, 3.05) is 13.2 Å². The van der Waals surface area contributed by atoms with E-state index < -0.39 is 24.4 Å². The zero-order valence-electron chi connectivity index (χ0n) is 11.2. The predicted octanol–water partition coefficient (Wildman–Crippen LogP) is -1.00. The summed E-state index contributed by atoms with van der Waals surface area (Å²) >= 11 is 0. The fraction of sp³-hybridized carbons (Fsp3) is 0.769. The van der Waals surface area contributed by atoms with Gasteiger partial charge in [0.05, 0.1) is 24.4 Å². The van der Waals surface area contributed by atoms with Crippen molar-refractivity contribution >= 4 is 0 Å². The Kier molecular flexibility index (Phi) is 3.78. The zero-order chi connectivity index (χ0) is 14.3. The summed E-state index contributed by atoms with van der Waals surface area (Å²) in [6.07, 6.45) is 1.24. The Bertz CT molecular complexity index is 472. The van der Waals surface area contributed by atoms with Gasteiger partial charge in [-0.2, -0.15) is 0 Å². The number of hydrogen-bond acceptors (Lipinski definition) is 6. The topological polar surface area (TPSA) is 111 Å². The van der Waals surface area contributed by atoms with E-state index in [0.29, 0.717) is 5.82 Å². The lowest BCUT2D eigenvalue weighted by Gasteiger charge is -2.35. The third kappa shape index (κ3) is 2.15. The number of aromatic nitrogens is 2. The fourth-order valence-electron chi connectivity index (χ4n) is 3.11. The maximum atomic E-state index is 10.0. The predicted molar refractivity (Wildman–Crippen MR) is 69.9 cm³/mol. The average Bonchev–Trinajstić information content (AvgIpc) is 2.91. The molecular weight excluding hydrogens is 262 g/mol. The van der Waals surface area contributed by atoms with Crippen molar-refractivity contribution in [3.8, 4) is 0 Å². The summed E-state index contributed by atoms with van der Waals surface area (Å²) in [5, 5.41) is 42.6. The van der Waals surface area contributed by atoms with Gasteiger partial charge in [0.15, 0.2) is 0 Å². The molecule has 0 amide bonds. The standard InChI is InChI=1S/C13H21N3O4/c17-6-9-10(18)11(19)12(20)13-15-8(5-16(9)13)7-3-1-2-4-14-7/h5,7,9-12,14,17-20H,1-4,6H2/t7-,9-,10-,11+,12-/m1/s1. The highest BCUT2D eigenvalue weighted by molar-refractivity contribution is 5.17. The molecule has 7 heteroatoms. The van der Waals surface area contributed by atoms with Crippen LogP contribution in [0.1, 0.15) is 49.0 Å². The van der Waals surface area contributed by atoms with Crippen LogP contribution >= 0.6 is 0 Å². The van der Waals surface area contributed by atoms with Gasteiger partial charge >= 0.3 is 0 Å². The van der Waals surface area contributed by atoms with Crippen molar-refractivity contribution in [2.24, 2.45) is 0 Å². The number of fused-ring (bicyclic) bond motifs is 1. The van der Waals surface area contributed by atoms with Crippen molar-refractivity contribution < 1.29 is 20.4 Å². The molecule has 5 atom stereocenters. The van der Waals surface area contributed by atoms with Crippen LogP contribution in [0.2, 0.25) is 0 Å². The molecule has 1 saturated heterocycles. The van der Waals surface area contributed by atoms with Crippen molar-refractivity contribution in [3.63, 3.8) is 0 Å². The summed E-state index contributed by atoms with van der Waals surface area (Å²) in [5.74, 6) is 0.309. The second-order valence-corrected chi connectivity index (χ2v) is 5.61. The number of nitrogens with zero attached hydrogens (tertiary/aromatic N) is 2. The Hall–Kier alpha value is -0.990. The van der Waals surface area contributed by atoms with Gasteiger partial charge in [0, 0.05) is 6.20 Å². The molecule has 3 rings (SSSR count). The van der Waals surface area contributed by atoms with Crippen LogP contribution in [0.15, 0.2) is 6.20 Å². The van der Waals surface area contributed by atoms with Gasteiger partial charge in [-0.05, 0) is 19.4 Å². The van der Waals surface area contributed by atoms with E-state index in [-0.39, 0.29) is 12.6 Å². The molecule has 112 valence electrons. The molecule has 5 N–H and O–H groups in total. The highest BCUT2D eigenvalue weighted by atomic mass is 16.4. The number of nitrogens with one attached hydrogen (secondary N) is 1. The summed E-state index contributed by atoms with van der Waals surface area (Å²) in [6, 6.07) is -0.545. The normalized spacial score (nSPS) is 37.7. The van der Waals surface area contributed by atoms with E-state index in [2.05, 4.69) is 10.3 Å². The second-order valence-electron chi connectivity index (χ2n) is 5.61. The van der Waals surface area contributed by atoms with Crippen molar-refractivity contribution in [3.05, 3.63) is 17.7 Å². The van der Waals surface area contributed by atoms with Crippen LogP contribution in [0, 0.1) is 0 Å². The third-order valence-electron chi connectivity index (χ3n) is 4.32. The highest BCUT2D eigenvalue weighted by Gasteiger charge is 2.42. The average molecular weight is 283 g/mol. The van der Waals surface area contributed by atoms with Gasteiger partial charge < -0.3 is 30.3 Å². The molecule has 0 spiro atoms. The maximum absolute atomic E-state index is 10.0. The highest BCUT2D eigenvalue weighted by Crippen LogP contribution is 2.34. The smallest absolute Gasteiger partial charge is 0.141 e. The minimum atomic E-state index is -1.32. The number of aliphatic hydroxyl groups excluding tert-OH is 4. The van der Waals surface area contributed by atoms with Gasteiger partial charge in [0.2, 0.25) is 0 Å². The summed E-state index contributed by atoms with van der Waals surface area (Å²) in [5.41, 5.74) is 0.790. The van der Waals surface area contributed by atoms with Crippen molar-refractivity contribution in [1.29, 1.82) is 0 Å². The first-order valence-electron chi connectivity index (χ1n) is 7.10. The monoisotopic (exact) mass is 283 g/mol. The molecule has 1 aromatic heterocycles. The molecule has 2 aliphatic rings. The van der Waals surface area contributed by atoms with E-state index in [4.69, 9.17) is 0 Å². The van der Waals surface area contributed by atoms with Gasteiger partial charge in [-0.25, -0.2) is 4.98 Å². The molecule has 0 aromatic carbocycles. The van der Waals surface area contributed by atoms with Gasteiger partial charge in [-0.1, -0.05) is 6.42 Å². The molecular formula is C13H21N3O4. The molecule has 1 fully saturated rings. The van der Waals surface area contributed by atoms with Gasteiger partial charge in [-0.15, -0.1) is 0 Å². The SMILES string of the molecule is OC[C@@H]1[C@@H](O)[C@H](O)[C@@H](O)c2nc([C@H]3CCCCN3)cn21. The van der Waals surface area contributed by atoms with Crippen LogP contribution in [0.4, 0.5) is 0 Å². The van der Waals surface area contributed by atoms with Crippen LogP contribution in [0.25, 0.3) is 0 Å². The van der Waals surface area contributed by atoms with Gasteiger partial charge in [-0.3, -0.25) is 0 Å². The van der Waals surface area contributed by atoms with Crippen molar-refractivity contribution in [2.45, 2.75) is 49.7 Å². The van der Waals surface area contributed by atoms with E-state index in [1.54, 1.807) is 10.8 Å². The van der Waals surface area contributed by atoms with Crippen LogP contribution in [0.3, 0.4) is 0 Å². The number of aliphatic hydroxyl groups is 4. The summed E-state index contributed by atoms with van der Waals surface area (Å²) in [7, 11) is 0. The number of hydrogen-bond donors (Lipinski definition) is 5. The van der Waals surface area contributed by atoms with Crippen LogP contribution in [-0.2, 0) is 0 Å². The molecule has 0 saturated carbocycles. The molecule has 3 heterocycles. The lowest BCUT2D eigenvalue weighted by molar-refractivity contribution is -0.108. The van der Waals surface area contributed by atoms with Gasteiger partial charge in [0.1, 0.15) is 24.1 Å². The molecule has 20 heavy (non-hydrogen) atoms. The van der Waals surface area contributed by atoms with Gasteiger partial charge in [0.25, 0.3) is 0 Å². The Morgan fingerprint density at radius 3 is 2.70 bits per heavy atom. The van der Waals surface area contributed by atoms with E-state index in [1.165, 1.54) is 0 Å². The van der Waals surface area contributed by atoms with Crippen LogP contribution in [-0.4, -0.2) is 55.3 Å². The molecule has 0 aliphatic carbocycles. The Morgan fingerprint density at radius 2 is 2.05 bits per heavy atom. The maximum Gasteiger partial charge on any atom is 0.141 e. The summed E-state index contributed by atoms with van der Waals surface area (Å²) in [4.78, 5) is 4.41. The molecule has 0 radical (unpaired) electrons. The second kappa shape index (κ2) is 5.42. The molecule has 0 unspecified atom stereocenters. The summed E-state index contributed by atoms with van der Waals surface area (Å²) in [6.45, 7) is 0.621. The number of imidazole rings is 1. The quantitative estimate of drug-likeness (QED) is 0.476. The zero-order valence-corrected chi connectivity index (χ0v) is 11.2. The molecule has 1 aromatic rings. The summed E-state index contributed by atoms with van der Waals surface area (Å²) < 4.78 is 1.59. The number of rotatable bonds is 2. The third-order valence-corrected chi connectivity index (χ3v) is 4.32. The lowest BCUT2D eigenvalue weighted by atomic mass is 9.96. The minimum absolute atomic E-state index is 0.127. The first-order valence-corrected chi connectivity index (χ1v) is 7.10. The Labute approximate surface area is 116 Å². The Morgan fingerprint density at radius 1 is 1.25 bits per heavy atom. The molecule has 7 nitrogen and oxygen atoms in total. The van der Waals surface area contributed by atoms with Crippen LogP contribution < -0.4 is 5.32 Å². The van der Waals surface area contributed by atoms with Crippen molar-refractivity contribution in [1.82, 2.24) is 14.9 Å². The van der Waals surface area contributed by atoms with E-state index in [9.17, 15) is 20.4 Å². The fourth-order valence-corrected chi connectivity index (χ4v) is 3.11.